The van der Waals surface area contributed by atoms with Crippen LogP contribution < -0.4 is 10.6 Å². The molecule has 5 nitrogen and oxygen atoms in total. The summed E-state index contributed by atoms with van der Waals surface area (Å²) in [6.07, 6.45) is 0.842. The van der Waals surface area contributed by atoms with Gasteiger partial charge in [0.15, 0.2) is 5.13 Å². The second kappa shape index (κ2) is 7.38. The van der Waals surface area contributed by atoms with Gasteiger partial charge in [0, 0.05) is 22.0 Å². The van der Waals surface area contributed by atoms with Gasteiger partial charge in [-0.1, -0.05) is 24.6 Å². The molecule has 0 saturated carbocycles. The Morgan fingerprint density at radius 3 is 2.82 bits per heavy atom. The van der Waals surface area contributed by atoms with Crippen molar-refractivity contribution in [2.75, 3.05) is 5.32 Å². The molecule has 0 aliphatic heterocycles. The summed E-state index contributed by atoms with van der Waals surface area (Å²) in [5.74, 6) is -0.556. The number of nitrogens with zero attached hydrogens (tertiary/aromatic N) is 1. The number of benzene rings is 1. The van der Waals surface area contributed by atoms with E-state index < -0.39 is 0 Å². The Balaban J connectivity index is 2.03. The maximum absolute atomic E-state index is 12.1. The van der Waals surface area contributed by atoms with Crippen molar-refractivity contribution < 1.29 is 9.59 Å². The molecule has 2 rings (SSSR count). The maximum Gasteiger partial charge on any atom is 0.271 e. The summed E-state index contributed by atoms with van der Waals surface area (Å²) in [4.78, 5) is 28.1. The lowest BCUT2D eigenvalue weighted by Crippen LogP contribution is -2.32. The third-order valence-electron chi connectivity index (χ3n) is 3.03. The monoisotopic (exact) mass is 337 g/mol. The van der Waals surface area contributed by atoms with Crippen molar-refractivity contribution in [1.82, 2.24) is 10.3 Å². The predicted octanol–water partition coefficient (Wildman–Crippen LogP) is 3.58. The quantitative estimate of drug-likeness (QED) is 0.876. The van der Waals surface area contributed by atoms with Crippen LogP contribution in [-0.4, -0.2) is 22.8 Å². The van der Waals surface area contributed by atoms with E-state index in [0.29, 0.717) is 21.4 Å². The number of carbonyl (C=O) groups is 2. The largest absolute Gasteiger partial charge is 0.348 e. The van der Waals surface area contributed by atoms with Gasteiger partial charge in [-0.2, -0.15) is 0 Å². The molecular weight excluding hydrogens is 322 g/mol. The lowest BCUT2D eigenvalue weighted by atomic mass is 10.2. The van der Waals surface area contributed by atoms with Crippen LogP contribution in [0.5, 0.6) is 0 Å². The van der Waals surface area contributed by atoms with Gasteiger partial charge >= 0.3 is 0 Å². The van der Waals surface area contributed by atoms with E-state index in [9.17, 15) is 9.59 Å². The highest BCUT2D eigenvalue weighted by Gasteiger charge is 2.14. The van der Waals surface area contributed by atoms with Crippen LogP contribution in [-0.2, 0) is 0 Å². The Kier molecular flexibility index (Phi) is 5.51. The molecule has 0 fully saturated rings. The number of halogens is 1. The van der Waals surface area contributed by atoms with E-state index in [2.05, 4.69) is 15.6 Å². The molecule has 2 amide bonds. The summed E-state index contributed by atoms with van der Waals surface area (Å²) in [6.45, 7) is 3.91. The minimum Gasteiger partial charge on any atom is -0.348 e. The molecule has 1 atom stereocenters. The Labute approximate surface area is 137 Å². The number of anilines is 1. The SMILES string of the molecule is CC[C@@H](C)NC(=O)c1csc(NC(=O)c2cccc(Cl)c2)n1. The molecule has 1 heterocycles. The number of amides is 2. The summed E-state index contributed by atoms with van der Waals surface area (Å²) >= 11 is 7.06. The lowest BCUT2D eigenvalue weighted by molar-refractivity contribution is 0.0933. The Morgan fingerprint density at radius 2 is 2.14 bits per heavy atom. The van der Waals surface area contributed by atoms with Crippen molar-refractivity contribution in [2.45, 2.75) is 26.3 Å². The third kappa shape index (κ3) is 4.29. The van der Waals surface area contributed by atoms with Crippen LogP contribution in [0.3, 0.4) is 0 Å². The Morgan fingerprint density at radius 1 is 1.36 bits per heavy atom. The summed E-state index contributed by atoms with van der Waals surface area (Å²) in [6, 6.07) is 6.70. The zero-order chi connectivity index (χ0) is 16.1. The number of hydrogen-bond acceptors (Lipinski definition) is 4. The molecule has 0 radical (unpaired) electrons. The standard InChI is InChI=1S/C15H16ClN3O2S/c1-3-9(2)17-14(21)12-8-22-15(18-12)19-13(20)10-5-4-6-11(16)7-10/h4-9H,3H2,1-2H3,(H,17,21)(H,18,19,20)/t9-/m1/s1. The van der Waals surface area contributed by atoms with Crippen molar-refractivity contribution in [1.29, 1.82) is 0 Å². The van der Waals surface area contributed by atoms with Gasteiger partial charge in [0.1, 0.15) is 5.69 Å². The Bertz CT molecular complexity index is 687. The second-order valence-electron chi connectivity index (χ2n) is 4.79. The summed E-state index contributed by atoms with van der Waals surface area (Å²) in [7, 11) is 0. The van der Waals surface area contributed by atoms with Crippen LogP contribution in [0.2, 0.25) is 5.02 Å². The van der Waals surface area contributed by atoms with Crippen molar-refractivity contribution >= 4 is 39.9 Å². The lowest BCUT2D eigenvalue weighted by Gasteiger charge is -2.09. The van der Waals surface area contributed by atoms with E-state index in [1.807, 2.05) is 13.8 Å². The number of thiazole rings is 1. The minimum absolute atomic E-state index is 0.0821. The smallest absolute Gasteiger partial charge is 0.271 e. The zero-order valence-corrected chi connectivity index (χ0v) is 13.8. The van der Waals surface area contributed by atoms with Gasteiger partial charge in [0.05, 0.1) is 0 Å². The number of aromatic nitrogens is 1. The highest BCUT2D eigenvalue weighted by Crippen LogP contribution is 2.18. The molecule has 0 unspecified atom stereocenters. The minimum atomic E-state index is -0.314. The van der Waals surface area contributed by atoms with Gasteiger partial charge in [0.25, 0.3) is 11.8 Å². The first kappa shape index (κ1) is 16.5. The molecule has 0 saturated heterocycles. The van der Waals surface area contributed by atoms with Crippen LogP contribution in [0.25, 0.3) is 0 Å². The molecule has 116 valence electrons. The number of rotatable bonds is 5. The van der Waals surface area contributed by atoms with Gasteiger partial charge in [0.2, 0.25) is 0 Å². The van der Waals surface area contributed by atoms with Crippen molar-refractivity contribution in [3.8, 4) is 0 Å². The Hall–Kier alpha value is -1.92. The molecule has 1 aromatic carbocycles. The fourth-order valence-corrected chi connectivity index (χ4v) is 2.51. The molecule has 2 N–H and O–H groups in total. The fraction of sp³-hybridized carbons (Fsp3) is 0.267. The van der Waals surface area contributed by atoms with E-state index in [1.54, 1.807) is 29.6 Å². The highest BCUT2D eigenvalue weighted by atomic mass is 35.5. The average Bonchev–Trinajstić information content (AvgIpc) is 2.95. The third-order valence-corrected chi connectivity index (χ3v) is 4.03. The van der Waals surface area contributed by atoms with Crippen LogP contribution >= 0.6 is 22.9 Å². The molecule has 2 aromatic rings. The molecule has 7 heteroatoms. The van der Waals surface area contributed by atoms with Crippen molar-refractivity contribution in [2.24, 2.45) is 0 Å². The average molecular weight is 338 g/mol. The zero-order valence-electron chi connectivity index (χ0n) is 12.2. The van der Waals surface area contributed by atoms with Gasteiger partial charge < -0.3 is 5.32 Å². The van der Waals surface area contributed by atoms with Crippen LogP contribution in [0.1, 0.15) is 41.1 Å². The van der Waals surface area contributed by atoms with Crippen LogP contribution in [0.15, 0.2) is 29.6 Å². The highest BCUT2D eigenvalue weighted by molar-refractivity contribution is 7.14. The van der Waals surface area contributed by atoms with E-state index in [4.69, 9.17) is 11.6 Å². The molecule has 0 aliphatic carbocycles. The van der Waals surface area contributed by atoms with Crippen molar-refractivity contribution in [3.05, 3.63) is 45.9 Å². The topological polar surface area (TPSA) is 71.1 Å². The fourth-order valence-electron chi connectivity index (χ4n) is 1.63. The molecule has 0 aliphatic rings. The molecule has 22 heavy (non-hydrogen) atoms. The van der Waals surface area contributed by atoms with Gasteiger partial charge in [-0.3, -0.25) is 14.9 Å². The van der Waals surface area contributed by atoms with E-state index >= 15 is 0 Å². The van der Waals surface area contributed by atoms with Gasteiger partial charge in [-0.15, -0.1) is 11.3 Å². The number of nitrogens with one attached hydrogen (secondary N) is 2. The van der Waals surface area contributed by atoms with Crippen molar-refractivity contribution in [3.63, 3.8) is 0 Å². The summed E-state index contributed by atoms with van der Waals surface area (Å²) in [5.41, 5.74) is 0.736. The first-order chi connectivity index (χ1) is 10.5. The molecule has 0 spiro atoms. The first-order valence-corrected chi connectivity index (χ1v) is 8.08. The number of carbonyl (C=O) groups excluding carboxylic acids is 2. The normalized spacial score (nSPS) is 11.8. The first-order valence-electron chi connectivity index (χ1n) is 6.83. The van der Waals surface area contributed by atoms with Crippen LogP contribution in [0.4, 0.5) is 5.13 Å². The molecule has 0 bridgehead atoms. The molecular formula is C15H16ClN3O2S. The van der Waals surface area contributed by atoms with E-state index in [0.717, 1.165) is 6.42 Å². The van der Waals surface area contributed by atoms with E-state index in [1.165, 1.54) is 11.3 Å². The van der Waals surface area contributed by atoms with E-state index in [-0.39, 0.29) is 17.9 Å². The van der Waals surface area contributed by atoms with Gasteiger partial charge in [-0.25, -0.2) is 4.98 Å². The maximum atomic E-state index is 12.1. The second-order valence-corrected chi connectivity index (χ2v) is 6.08. The van der Waals surface area contributed by atoms with Crippen LogP contribution in [0, 0.1) is 0 Å². The molecule has 1 aromatic heterocycles. The predicted molar refractivity (Wildman–Crippen MR) is 88.7 cm³/mol. The summed E-state index contributed by atoms with van der Waals surface area (Å²) < 4.78 is 0. The summed E-state index contributed by atoms with van der Waals surface area (Å²) in [5, 5.41) is 7.96. The number of hydrogen-bond donors (Lipinski definition) is 2. The van der Waals surface area contributed by atoms with Gasteiger partial charge in [-0.05, 0) is 31.5 Å².